The van der Waals surface area contributed by atoms with Crippen LogP contribution >= 0.6 is 31.9 Å². The van der Waals surface area contributed by atoms with Crippen molar-refractivity contribution in [3.8, 4) is 11.5 Å². The zero-order valence-electron chi connectivity index (χ0n) is 20.8. The van der Waals surface area contributed by atoms with Gasteiger partial charge in [0.15, 0.2) is 11.5 Å². The Bertz CT molecular complexity index is 1570. The van der Waals surface area contributed by atoms with Gasteiger partial charge in [-0.05, 0) is 69.0 Å². The van der Waals surface area contributed by atoms with E-state index < -0.39 is 0 Å². The SMILES string of the molecule is COc1cc(C=Nn2c(C3CCCCC3)nc3ccccc3c2=O)c(Br)c(Br)c1OCc1ccccc1F. The van der Waals surface area contributed by atoms with E-state index in [9.17, 15) is 9.18 Å². The zero-order valence-corrected chi connectivity index (χ0v) is 24.0. The number of aromatic nitrogens is 2. The average molecular weight is 643 g/mol. The fourth-order valence-electron chi connectivity index (χ4n) is 4.75. The highest BCUT2D eigenvalue weighted by Gasteiger charge is 2.23. The maximum atomic E-state index is 14.1. The minimum Gasteiger partial charge on any atom is -0.493 e. The summed E-state index contributed by atoms with van der Waals surface area (Å²) < 4.78 is 28.3. The first-order valence-electron chi connectivity index (χ1n) is 12.5. The van der Waals surface area contributed by atoms with E-state index in [1.54, 1.807) is 36.5 Å². The van der Waals surface area contributed by atoms with Crippen molar-refractivity contribution in [3.63, 3.8) is 0 Å². The van der Waals surface area contributed by atoms with Gasteiger partial charge in [0.2, 0.25) is 0 Å². The minimum absolute atomic E-state index is 0.0322. The van der Waals surface area contributed by atoms with Gasteiger partial charge in [-0.3, -0.25) is 4.79 Å². The van der Waals surface area contributed by atoms with E-state index in [0.29, 0.717) is 48.3 Å². The molecular formula is C29H26Br2FN3O3. The van der Waals surface area contributed by atoms with Crippen LogP contribution in [0.3, 0.4) is 0 Å². The largest absolute Gasteiger partial charge is 0.493 e. The van der Waals surface area contributed by atoms with Gasteiger partial charge in [-0.15, -0.1) is 0 Å². The summed E-state index contributed by atoms with van der Waals surface area (Å²) in [5.74, 6) is 1.39. The molecule has 0 radical (unpaired) electrons. The van der Waals surface area contributed by atoms with Crippen LogP contribution in [0.1, 0.15) is 55.0 Å². The van der Waals surface area contributed by atoms with Gasteiger partial charge in [-0.1, -0.05) is 49.6 Å². The van der Waals surface area contributed by atoms with Gasteiger partial charge >= 0.3 is 0 Å². The highest BCUT2D eigenvalue weighted by molar-refractivity contribution is 9.13. The third-order valence-electron chi connectivity index (χ3n) is 6.77. The van der Waals surface area contributed by atoms with Gasteiger partial charge in [0.05, 0.1) is 28.7 Å². The normalized spacial score (nSPS) is 14.3. The molecule has 196 valence electrons. The Balaban J connectivity index is 1.53. The molecule has 0 amide bonds. The molecule has 1 heterocycles. The molecule has 9 heteroatoms. The molecule has 1 fully saturated rings. The fourth-order valence-corrected chi connectivity index (χ4v) is 5.68. The van der Waals surface area contributed by atoms with Crippen LogP contribution in [0.5, 0.6) is 11.5 Å². The van der Waals surface area contributed by atoms with Crippen molar-refractivity contribution >= 4 is 49.0 Å². The van der Waals surface area contributed by atoms with E-state index in [1.807, 2.05) is 18.2 Å². The Hall–Kier alpha value is -3.04. The van der Waals surface area contributed by atoms with Crippen molar-refractivity contribution < 1.29 is 13.9 Å². The summed E-state index contributed by atoms with van der Waals surface area (Å²) in [6.07, 6.45) is 7.00. The molecule has 1 saturated carbocycles. The van der Waals surface area contributed by atoms with Crippen LogP contribution in [0.15, 0.2) is 73.4 Å². The number of fused-ring (bicyclic) bond motifs is 1. The Kier molecular flexibility index (Phi) is 8.24. The third kappa shape index (κ3) is 5.40. The smallest absolute Gasteiger partial charge is 0.282 e. The lowest BCUT2D eigenvalue weighted by Crippen LogP contribution is -2.25. The topological polar surface area (TPSA) is 65.7 Å². The number of ether oxygens (including phenoxy) is 2. The molecule has 0 bridgehead atoms. The highest BCUT2D eigenvalue weighted by atomic mass is 79.9. The molecule has 5 rings (SSSR count). The first-order chi connectivity index (χ1) is 18.5. The molecule has 1 aliphatic rings. The average Bonchev–Trinajstić information content (AvgIpc) is 2.95. The lowest BCUT2D eigenvalue weighted by molar-refractivity contribution is 0.277. The number of methoxy groups -OCH3 is 1. The molecule has 0 atom stereocenters. The van der Waals surface area contributed by atoms with Gasteiger partial charge < -0.3 is 9.47 Å². The quantitative estimate of drug-likeness (QED) is 0.195. The van der Waals surface area contributed by atoms with Crippen molar-refractivity contribution in [2.45, 2.75) is 44.6 Å². The monoisotopic (exact) mass is 641 g/mol. The predicted octanol–water partition coefficient (Wildman–Crippen LogP) is 7.58. The number of halogens is 3. The predicted molar refractivity (Wildman–Crippen MR) is 154 cm³/mol. The van der Waals surface area contributed by atoms with Gasteiger partial charge in [0.25, 0.3) is 5.56 Å². The molecule has 4 aromatic rings. The van der Waals surface area contributed by atoms with E-state index >= 15 is 0 Å². The Labute approximate surface area is 236 Å². The molecule has 0 N–H and O–H groups in total. The summed E-state index contributed by atoms with van der Waals surface area (Å²) in [6.45, 7) is 0.0322. The van der Waals surface area contributed by atoms with Crippen LogP contribution in [0.2, 0.25) is 0 Å². The fraction of sp³-hybridized carbons (Fsp3) is 0.276. The van der Waals surface area contributed by atoms with E-state index in [4.69, 9.17) is 14.5 Å². The maximum absolute atomic E-state index is 14.1. The summed E-state index contributed by atoms with van der Waals surface area (Å²) in [4.78, 5) is 18.4. The van der Waals surface area contributed by atoms with E-state index in [-0.39, 0.29) is 23.9 Å². The van der Waals surface area contributed by atoms with Crippen LogP contribution in [-0.2, 0) is 6.61 Å². The Morgan fingerprint density at radius 3 is 2.58 bits per heavy atom. The maximum Gasteiger partial charge on any atom is 0.282 e. The summed E-state index contributed by atoms with van der Waals surface area (Å²) in [5.41, 5.74) is 1.59. The third-order valence-corrected chi connectivity index (χ3v) is 8.91. The summed E-state index contributed by atoms with van der Waals surface area (Å²) in [5, 5.41) is 5.16. The minimum atomic E-state index is -0.339. The molecule has 0 aliphatic heterocycles. The van der Waals surface area contributed by atoms with Crippen LogP contribution in [0.4, 0.5) is 4.39 Å². The molecule has 6 nitrogen and oxygen atoms in total. The molecule has 3 aromatic carbocycles. The number of nitrogens with zero attached hydrogens (tertiary/aromatic N) is 3. The van der Waals surface area contributed by atoms with Crippen molar-refractivity contribution in [1.82, 2.24) is 9.66 Å². The van der Waals surface area contributed by atoms with Crippen molar-refractivity contribution in [2.75, 3.05) is 7.11 Å². The molecule has 1 aromatic heterocycles. The molecular weight excluding hydrogens is 617 g/mol. The first-order valence-corrected chi connectivity index (χ1v) is 14.0. The number of rotatable bonds is 7. The second-order valence-electron chi connectivity index (χ2n) is 9.19. The second-order valence-corrected chi connectivity index (χ2v) is 10.8. The van der Waals surface area contributed by atoms with Crippen molar-refractivity contribution in [3.05, 3.63) is 96.7 Å². The van der Waals surface area contributed by atoms with Gasteiger partial charge in [-0.25, -0.2) is 9.37 Å². The summed E-state index contributed by atoms with van der Waals surface area (Å²) in [7, 11) is 1.53. The molecule has 1 aliphatic carbocycles. The Morgan fingerprint density at radius 2 is 1.82 bits per heavy atom. The van der Waals surface area contributed by atoms with Crippen molar-refractivity contribution in [2.24, 2.45) is 5.10 Å². The second kappa shape index (κ2) is 11.8. The molecule has 0 spiro atoms. The summed E-state index contributed by atoms with van der Waals surface area (Å²) in [6, 6.07) is 15.6. The molecule has 0 unspecified atom stereocenters. The Morgan fingerprint density at radius 1 is 1.08 bits per heavy atom. The number of hydrogen-bond acceptors (Lipinski definition) is 5. The van der Waals surface area contributed by atoms with E-state index in [1.165, 1.54) is 24.3 Å². The molecule has 0 saturated heterocycles. The number of para-hydroxylation sites is 1. The van der Waals surface area contributed by atoms with Crippen LogP contribution < -0.4 is 15.0 Å². The standard InChI is InChI=1S/C29H26Br2FN3O3/c1-37-24-15-20(25(30)26(31)27(24)38-17-19-11-5-7-13-22(19)32)16-33-35-28(18-9-3-2-4-10-18)34-23-14-8-6-12-21(23)29(35)36/h5-8,11-16,18H,2-4,9-10,17H2,1H3. The highest BCUT2D eigenvalue weighted by Crippen LogP contribution is 2.43. The van der Waals surface area contributed by atoms with Gasteiger partial charge in [0, 0.05) is 21.5 Å². The number of hydrogen-bond donors (Lipinski definition) is 0. The molecule has 38 heavy (non-hydrogen) atoms. The lowest BCUT2D eigenvalue weighted by Gasteiger charge is -2.22. The van der Waals surface area contributed by atoms with E-state index in [2.05, 4.69) is 37.0 Å². The number of benzene rings is 3. The van der Waals surface area contributed by atoms with Gasteiger partial charge in [-0.2, -0.15) is 9.78 Å². The summed E-state index contributed by atoms with van der Waals surface area (Å²) >= 11 is 7.19. The van der Waals surface area contributed by atoms with Crippen LogP contribution in [0.25, 0.3) is 10.9 Å². The van der Waals surface area contributed by atoms with Crippen molar-refractivity contribution in [1.29, 1.82) is 0 Å². The zero-order chi connectivity index (χ0) is 26.6. The van der Waals surface area contributed by atoms with E-state index in [0.717, 1.165) is 25.7 Å². The van der Waals surface area contributed by atoms with Crippen LogP contribution in [0, 0.1) is 5.82 Å². The van der Waals surface area contributed by atoms with Crippen LogP contribution in [-0.4, -0.2) is 23.0 Å². The lowest BCUT2D eigenvalue weighted by atomic mass is 9.88. The first kappa shape index (κ1) is 26.6. The van der Waals surface area contributed by atoms with Gasteiger partial charge in [0.1, 0.15) is 18.2 Å².